The van der Waals surface area contributed by atoms with Crippen LogP contribution in [0.15, 0.2) is 90.6 Å². The number of benzene rings is 4. The fourth-order valence-electron chi connectivity index (χ4n) is 6.08. The van der Waals surface area contributed by atoms with Crippen molar-refractivity contribution in [3.8, 4) is 33.8 Å². The van der Waals surface area contributed by atoms with E-state index in [9.17, 15) is 34.5 Å². The lowest BCUT2D eigenvalue weighted by atomic mass is 9.92. The topological polar surface area (TPSA) is 168 Å². The molecule has 4 aromatic carbocycles. The molecule has 12 heteroatoms. The Bertz CT molecular complexity index is 1990. The van der Waals surface area contributed by atoms with Crippen molar-refractivity contribution in [2.75, 3.05) is 20.1 Å². The minimum absolute atomic E-state index is 0.0552. The van der Waals surface area contributed by atoms with Gasteiger partial charge >= 0.3 is 5.97 Å². The second kappa shape index (κ2) is 15.8. The maximum absolute atomic E-state index is 13.9. The summed E-state index contributed by atoms with van der Waals surface area (Å²) in [5.41, 5.74) is 4.74. The van der Waals surface area contributed by atoms with Gasteiger partial charge in [-0.15, -0.1) is 0 Å². The Labute approximate surface area is 300 Å². The Morgan fingerprint density at radius 2 is 1.63 bits per heavy atom. The van der Waals surface area contributed by atoms with Gasteiger partial charge < -0.3 is 36.2 Å². The molecule has 1 heterocycles. The van der Waals surface area contributed by atoms with E-state index in [4.69, 9.17) is 11.6 Å². The SMILES string of the molecule is CC/C=C(\CNC(=O)c1ccc(-c2ccc(Cl)cc2)cc1)N(C)C1C(=O)NCC(=O)NC(C(=O)O)Cc2cc(C)c(O)c(c2)-c2cc1ccc2O. The molecule has 5 rings (SSSR count). The average molecular weight is 711 g/mol. The Morgan fingerprint density at radius 3 is 2.27 bits per heavy atom. The van der Waals surface area contributed by atoms with Crippen LogP contribution in [0.5, 0.6) is 11.5 Å². The van der Waals surface area contributed by atoms with Crippen molar-refractivity contribution in [2.45, 2.75) is 38.8 Å². The highest BCUT2D eigenvalue weighted by Crippen LogP contribution is 2.40. The second-order valence-corrected chi connectivity index (χ2v) is 12.8. The van der Waals surface area contributed by atoms with E-state index >= 15 is 0 Å². The first-order valence-electron chi connectivity index (χ1n) is 16.4. The number of amides is 3. The summed E-state index contributed by atoms with van der Waals surface area (Å²) in [6, 6.07) is 19.9. The van der Waals surface area contributed by atoms with Gasteiger partial charge in [0, 0.05) is 40.9 Å². The van der Waals surface area contributed by atoms with Crippen LogP contribution in [0, 0.1) is 6.92 Å². The summed E-state index contributed by atoms with van der Waals surface area (Å²) < 4.78 is 0. The Balaban J connectivity index is 1.46. The fraction of sp³-hybridized carbons (Fsp3) is 0.231. The largest absolute Gasteiger partial charge is 0.507 e. The molecular weight excluding hydrogens is 672 g/mol. The smallest absolute Gasteiger partial charge is 0.326 e. The van der Waals surface area contributed by atoms with Crippen LogP contribution in [-0.4, -0.2) is 70.1 Å². The molecule has 0 saturated carbocycles. The average Bonchev–Trinajstić information content (AvgIpc) is 3.11. The molecule has 1 aliphatic heterocycles. The van der Waals surface area contributed by atoms with Gasteiger partial charge in [-0.25, -0.2) is 4.79 Å². The van der Waals surface area contributed by atoms with Gasteiger partial charge in [-0.3, -0.25) is 14.4 Å². The molecule has 11 nitrogen and oxygen atoms in total. The van der Waals surface area contributed by atoms with Crippen LogP contribution in [0.2, 0.25) is 5.02 Å². The van der Waals surface area contributed by atoms with Crippen LogP contribution in [0.1, 0.15) is 46.4 Å². The van der Waals surface area contributed by atoms with Gasteiger partial charge in [-0.05, 0) is 83.6 Å². The van der Waals surface area contributed by atoms with Crippen molar-refractivity contribution in [1.29, 1.82) is 0 Å². The minimum atomic E-state index is -1.32. The van der Waals surface area contributed by atoms with Gasteiger partial charge in [0.1, 0.15) is 23.6 Å². The van der Waals surface area contributed by atoms with E-state index in [1.807, 2.05) is 37.3 Å². The number of nitrogens with zero attached hydrogens (tertiary/aromatic N) is 1. The number of phenolic OH excluding ortho intramolecular Hbond substituents is 2. The zero-order valence-corrected chi connectivity index (χ0v) is 29.1. The quantitative estimate of drug-likeness (QED) is 0.143. The molecule has 0 radical (unpaired) electrons. The van der Waals surface area contributed by atoms with Crippen molar-refractivity contribution in [3.63, 3.8) is 0 Å². The van der Waals surface area contributed by atoms with E-state index in [-0.39, 0.29) is 41.5 Å². The number of fused-ring (bicyclic) bond motifs is 5. The highest BCUT2D eigenvalue weighted by molar-refractivity contribution is 6.30. The third-order valence-corrected chi connectivity index (χ3v) is 9.02. The number of carbonyl (C=O) groups is 4. The van der Waals surface area contributed by atoms with Crippen molar-refractivity contribution in [1.82, 2.24) is 20.9 Å². The predicted molar refractivity (Wildman–Crippen MR) is 194 cm³/mol. The van der Waals surface area contributed by atoms with Crippen LogP contribution in [-0.2, 0) is 20.8 Å². The second-order valence-electron chi connectivity index (χ2n) is 12.3. The number of aromatic hydroxyl groups is 2. The van der Waals surface area contributed by atoms with Crippen molar-refractivity contribution < 1.29 is 34.5 Å². The molecule has 0 fully saturated rings. The first-order valence-corrected chi connectivity index (χ1v) is 16.8. The van der Waals surface area contributed by atoms with Gasteiger partial charge in [-0.1, -0.05) is 61.0 Å². The molecule has 2 unspecified atom stereocenters. The molecule has 0 saturated heterocycles. The first-order chi connectivity index (χ1) is 24.4. The van der Waals surface area contributed by atoms with Crippen molar-refractivity contribution >= 4 is 35.3 Å². The summed E-state index contributed by atoms with van der Waals surface area (Å²) in [4.78, 5) is 53.8. The highest BCUT2D eigenvalue weighted by atomic mass is 35.5. The molecule has 264 valence electrons. The number of hydrogen-bond donors (Lipinski definition) is 6. The van der Waals surface area contributed by atoms with Crippen LogP contribution in [0.25, 0.3) is 22.3 Å². The number of carbonyl (C=O) groups excluding carboxylic acids is 3. The number of phenols is 2. The molecular formula is C39H39ClN4O7. The third kappa shape index (κ3) is 8.50. The summed E-state index contributed by atoms with van der Waals surface area (Å²) in [7, 11) is 1.68. The Kier molecular flexibility index (Phi) is 11.3. The minimum Gasteiger partial charge on any atom is -0.507 e. The number of allylic oxidation sites excluding steroid dienone is 1. The van der Waals surface area contributed by atoms with Crippen molar-refractivity contribution in [2.24, 2.45) is 0 Å². The molecule has 6 N–H and O–H groups in total. The zero-order chi connectivity index (χ0) is 36.8. The number of hydrogen-bond acceptors (Lipinski definition) is 7. The maximum Gasteiger partial charge on any atom is 0.326 e. The normalized spacial score (nSPS) is 16.4. The number of aryl methyl sites for hydroxylation is 1. The van der Waals surface area contributed by atoms with E-state index in [0.29, 0.717) is 39.4 Å². The van der Waals surface area contributed by atoms with Crippen LogP contribution in [0.4, 0.5) is 0 Å². The summed E-state index contributed by atoms with van der Waals surface area (Å²) in [6.45, 7) is 3.13. The number of halogens is 1. The van der Waals surface area contributed by atoms with Crippen molar-refractivity contribution in [3.05, 3.63) is 118 Å². The molecule has 1 aliphatic rings. The number of likely N-dealkylation sites (N-methyl/N-ethyl adjacent to an activating group) is 1. The van der Waals surface area contributed by atoms with Gasteiger partial charge in [0.05, 0.1) is 13.1 Å². The molecule has 4 aromatic rings. The van der Waals surface area contributed by atoms with Crippen LogP contribution >= 0.6 is 11.6 Å². The Morgan fingerprint density at radius 1 is 0.961 bits per heavy atom. The van der Waals surface area contributed by atoms with E-state index in [2.05, 4.69) is 16.0 Å². The molecule has 0 aliphatic carbocycles. The lowest BCUT2D eigenvalue weighted by Gasteiger charge is -2.32. The lowest BCUT2D eigenvalue weighted by molar-refractivity contribution is -0.141. The standard InChI is InChI=1S/C39H39ClN4O7/c1-4-5-29(20-41-37(48)26-8-6-24(7-9-26)25-10-13-28(40)14-11-25)44(3)35-27-12-15-33(45)30(19-27)31-17-23(16-22(2)36(31)47)18-32(39(50)51)43-34(46)21-42-38(35)49/h5-17,19,32,35,45,47H,4,18,20-21H2,1-3H3,(H,41,48)(H,42,49)(H,43,46)(H,50,51)/b29-5+. The molecule has 4 bridgehead atoms. The fourth-order valence-corrected chi connectivity index (χ4v) is 6.21. The lowest BCUT2D eigenvalue weighted by Crippen LogP contribution is -2.48. The molecule has 0 spiro atoms. The summed E-state index contributed by atoms with van der Waals surface area (Å²) >= 11 is 6.01. The first kappa shape index (κ1) is 36.5. The number of rotatable bonds is 8. The van der Waals surface area contributed by atoms with E-state index in [1.165, 1.54) is 6.07 Å². The van der Waals surface area contributed by atoms with E-state index in [1.54, 1.807) is 67.4 Å². The molecule has 2 atom stereocenters. The van der Waals surface area contributed by atoms with E-state index in [0.717, 1.165) is 11.1 Å². The molecule has 0 aromatic heterocycles. The van der Waals surface area contributed by atoms with Crippen LogP contribution < -0.4 is 16.0 Å². The van der Waals surface area contributed by atoms with Gasteiger partial charge in [0.15, 0.2) is 0 Å². The van der Waals surface area contributed by atoms with Gasteiger partial charge in [0.25, 0.3) is 5.91 Å². The Hall–Kier alpha value is -5.81. The summed E-state index contributed by atoms with van der Waals surface area (Å²) in [5, 5.41) is 40.5. The third-order valence-electron chi connectivity index (χ3n) is 8.77. The van der Waals surface area contributed by atoms with Gasteiger partial charge in [0.2, 0.25) is 11.8 Å². The highest BCUT2D eigenvalue weighted by Gasteiger charge is 2.30. The predicted octanol–water partition coefficient (Wildman–Crippen LogP) is 5.33. The summed E-state index contributed by atoms with van der Waals surface area (Å²) in [6.07, 6.45) is 2.34. The van der Waals surface area contributed by atoms with Crippen LogP contribution in [0.3, 0.4) is 0 Å². The van der Waals surface area contributed by atoms with E-state index < -0.39 is 36.4 Å². The number of carboxylic acids is 1. The number of carboxylic acid groups (broad SMARTS) is 1. The zero-order valence-electron chi connectivity index (χ0n) is 28.4. The number of nitrogens with one attached hydrogen (secondary N) is 3. The summed E-state index contributed by atoms with van der Waals surface area (Å²) in [5.74, 6) is -3.18. The monoisotopic (exact) mass is 710 g/mol. The molecule has 51 heavy (non-hydrogen) atoms. The molecule has 3 amide bonds. The number of aliphatic carboxylic acids is 1. The maximum atomic E-state index is 13.9. The van der Waals surface area contributed by atoms with Gasteiger partial charge in [-0.2, -0.15) is 0 Å².